The Kier molecular flexibility index (Phi) is 4.68. The average molecular weight is 280 g/mol. The zero-order valence-electron chi connectivity index (χ0n) is 12.1. The molecule has 6 heteroatoms. The molecular formula is C14H20N2O4. The minimum Gasteiger partial charge on any atom is -0.497 e. The number of amides is 1. The number of rotatable bonds is 4. The molecule has 1 aliphatic rings. The van der Waals surface area contributed by atoms with Crippen LogP contribution in [0.1, 0.15) is 10.4 Å². The molecule has 1 fully saturated rings. The van der Waals surface area contributed by atoms with E-state index in [0.29, 0.717) is 30.3 Å². The highest BCUT2D eigenvalue weighted by Crippen LogP contribution is 2.36. The summed E-state index contributed by atoms with van der Waals surface area (Å²) in [7, 11) is 4.76. The Labute approximate surface area is 118 Å². The number of nitrogens with zero attached hydrogens (tertiary/aromatic N) is 1. The fourth-order valence-corrected chi connectivity index (χ4v) is 2.28. The van der Waals surface area contributed by atoms with Gasteiger partial charge in [-0.2, -0.15) is 0 Å². The number of nitrogens with one attached hydrogen (secondary N) is 1. The van der Waals surface area contributed by atoms with Gasteiger partial charge in [0, 0.05) is 26.2 Å². The summed E-state index contributed by atoms with van der Waals surface area (Å²) in [4.78, 5) is 14.2. The number of carbonyl (C=O) groups excluding carboxylic acids is 1. The van der Waals surface area contributed by atoms with Gasteiger partial charge in [-0.25, -0.2) is 0 Å². The molecular weight excluding hydrogens is 260 g/mol. The maximum atomic E-state index is 12.1. The van der Waals surface area contributed by atoms with E-state index in [9.17, 15) is 4.79 Å². The maximum absolute atomic E-state index is 12.1. The molecule has 1 aromatic carbocycles. The van der Waals surface area contributed by atoms with E-state index in [1.807, 2.05) is 0 Å². The van der Waals surface area contributed by atoms with E-state index in [1.165, 1.54) is 0 Å². The van der Waals surface area contributed by atoms with Crippen LogP contribution in [0.25, 0.3) is 0 Å². The molecule has 0 spiro atoms. The first-order valence-electron chi connectivity index (χ1n) is 6.52. The van der Waals surface area contributed by atoms with Gasteiger partial charge in [-0.3, -0.25) is 4.79 Å². The molecule has 1 heterocycles. The summed E-state index contributed by atoms with van der Waals surface area (Å²) in [6.45, 7) is 2.74. The lowest BCUT2D eigenvalue weighted by molar-refractivity contribution is 0.0960. The largest absolute Gasteiger partial charge is 0.497 e. The molecule has 110 valence electrons. The number of ether oxygens (including phenoxy) is 3. The normalized spacial score (nSPS) is 14.8. The predicted octanol–water partition coefficient (Wildman–Crippen LogP) is 0.900. The number of hydrogen-bond acceptors (Lipinski definition) is 5. The van der Waals surface area contributed by atoms with Crippen molar-refractivity contribution in [3.63, 3.8) is 0 Å². The first kappa shape index (κ1) is 14.5. The van der Waals surface area contributed by atoms with Gasteiger partial charge < -0.3 is 24.4 Å². The summed E-state index contributed by atoms with van der Waals surface area (Å²) in [6.07, 6.45) is 0. The first-order valence-corrected chi connectivity index (χ1v) is 6.52. The van der Waals surface area contributed by atoms with Crippen molar-refractivity contribution in [1.29, 1.82) is 0 Å². The highest BCUT2D eigenvalue weighted by Gasteiger charge is 2.23. The van der Waals surface area contributed by atoms with Crippen molar-refractivity contribution in [3.8, 4) is 11.5 Å². The summed E-state index contributed by atoms with van der Waals surface area (Å²) < 4.78 is 16.0. The molecule has 2 rings (SSSR count). The van der Waals surface area contributed by atoms with Gasteiger partial charge in [0.1, 0.15) is 11.5 Å². The molecule has 1 aromatic rings. The van der Waals surface area contributed by atoms with Gasteiger partial charge in [0.25, 0.3) is 5.91 Å². The van der Waals surface area contributed by atoms with Crippen LogP contribution in [0.3, 0.4) is 0 Å². The monoisotopic (exact) mass is 280 g/mol. The molecule has 1 saturated heterocycles. The van der Waals surface area contributed by atoms with Crippen LogP contribution in [0.15, 0.2) is 12.1 Å². The van der Waals surface area contributed by atoms with Crippen LogP contribution in [-0.2, 0) is 4.74 Å². The van der Waals surface area contributed by atoms with Crippen molar-refractivity contribution in [1.82, 2.24) is 5.32 Å². The Morgan fingerprint density at radius 3 is 2.50 bits per heavy atom. The lowest BCUT2D eigenvalue weighted by Crippen LogP contribution is -2.38. The molecule has 1 aliphatic heterocycles. The van der Waals surface area contributed by atoms with E-state index >= 15 is 0 Å². The van der Waals surface area contributed by atoms with Gasteiger partial charge in [0.15, 0.2) is 0 Å². The second kappa shape index (κ2) is 6.47. The standard InChI is InChI=1S/C14H20N2O4/c1-15-14(17)11-8-10(18-2)9-12(19-3)13(11)16-4-6-20-7-5-16/h8-9H,4-7H2,1-3H3,(H,15,17). The fourth-order valence-electron chi connectivity index (χ4n) is 2.28. The third-order valence-electron chi connectivity index (χ3n) is 3.30. The second-order valence-corrected chi connectivity index (χ2v) is 4.40. The smallest absolute Gasteiger partial charge is 0.253 e. The number of morpholine rings is 1. The Bertz CT molecular complexity index is 484. The van der Waals surface area contributed by atoms with E-state index in [1.54, 1.807) is 33.4 Å². The van der Waals surface area contributed by atoms with Gasteiger partial charge in [0.2, 0.25) is 0 Å². The van der Waals surface area contributed by atoms with Gasteiger partial charge in [-0.05, 0) is 6.07 Å². The highest BCUT2D eigenvalue weighted by molar-refractivity contribution is 6.01. The molecule has 0 aromatic heterocycles. The number of methoxy groups -OCH3 is 2. The fraction of sp³-hybridized carbons (Fsp3) is 0.500. The van der Waals surface area contributed by atoms with Crippen molar-refractivity contribution >= 4 is 11.6 Å². The molecule has 0 unspecified atom stereocenters. The van der Waals surface area contributed by atoms with Crippen molar-refractivity contribution in [2.45, 2.75) is 0 Å². The number of anilines is 1. The summed E-state index contributed by atoms with van der Waals surface area (Å²) in [5.74, 6) is 1.06. The molecule has 1 amide bonds. The van der Waals surface area contributed by atoms with E-state index in [4.69, 9.17) is 14.2 Å². The van der Waals surface area contributed by atoms with E-state index < -0.39 is 0 Å². The number of benzene rings is 1. The predicted molar refractivity (Wildman–Crippen MR) is 76.0 cm³/mol. The third kappa shape index (κ3) is 2.80. The van der Waals surface area contributed by atoms with Gasteiger partial charge >= 0.3 is 0 Å². The van der Waals surface area contributed by atoms with Crippen LogP contribution in [0, 0.1) is 0 Å². The second-order valence-electron chi connectivity index (χ2n) is 4.40. The van der Waals surface area contributed by atoms with Crippen molar-refractivity contribution in [2.24, 2.45) is 0 Å². The molecule has 6 nitrogen and oxygen atoms in total. The Balaban J connectivity index is 2.52. The average Bonchev–Trinajstić information content (AvgIpc) is 2.53. The molecule has 0 aliphatic carbocycles. The van der Waals surface area contributed by atoms with Gasteiger partial charge in [-0.15, -0.1) is 0 Å². The van der Waals surface area contributed by atoms with E-state index in [0.717, 1.165) is 18.8 Å². The van der Waals surface area contributed by atoms with Crippen LogP contribution >= 0.6 is 0 Å². The topological polar surface area (TPSA) is 60.0 Å². The van der Waals surface area contributed by atoms with Gasteiger partial charge in [-0.1, -0.05) is 0 Å². The minimum absolute atomic E-state index is 0.163. The van der Waals surface area contributed by atoms with Gasteiger partial charge in [0.05, 0.1) is 38.7 Å². The quantitative estimate of drug-likeness (QED) is 0.888. The molecule has 0 radical (unpaired) electrons. The first-order chi connectivity index (χ1) is 9.71. The summed E-state index contributed by atoms with van der Waals surface area (Å²) >= 11 is 0. The summed E-state index contributed by atoms with van der Waals surface area (Å²) in [5, 5.41) is 2.66. The lowest BCUT2D eigenvalue weighted by atomic mass is 10.1. The molecule has 1 N–H and O–H groups in total. The van der Waals surface area contributed by atoms with Crippen molar-refractivity contribution in [3.05, 3.63) is 17.7 Å². The van der Waals surface area contributed by atoms with Crippen LogP contribution in [-0.4, -0.2) is 53.5 Å². The van der Waals surface area contributed by atoms with E-state index in [-0.39, 0.29) is 5.91 Å². The van der Waals surface area contributed by atoms with Crippen molar-refractivity contribution in [2.75, 3.05) is 52.5 Å². The van der Waals surface area contributed by atoms with Crippen LogP contribution in [0.2, 0.25) is 0 Å². The Morgan fingerprint density at radius 1 is 1.25 bits per heavy atom. The molecule has 0 bridgehead atoms. The Morgan fingerprint density at radius 2 is 1.95 bits per heavy atom. The highest BCUT2D eigenvalue weighted by atomic mass is 16.5. The third-order valence-corrected chi connectivity index (χ3v) is 3.30. The number of carbonyl (C=O) groups is 1. The summed E-state index contributed by atoms with van der Waals surface area (Å²) in [6, 6.07) is 3.52. The zero-order chi connectivity index (χ0) is 14.5. The van der Waals surface area contributed by atoms with Crippen molar-refractivity contribution < 1.29 is 19.0 Å². The van der Waals surface area contributed by atoms with Crippen LogP contribution in [0.5, 0.6) is 11.5 Å². The zero-order valence-corrected chi connectivity index (χ0v) is 12.1. The van der Waals surface area contributed by atoms with Crippen LogP contribution in [0.4, 0.5) is 5.69 Å². The molecule has 0 atom stereocenters. The summed E-state index contributed by atoms with van der Waals surface area (Å²) in [5.41, 5.74) is 1.33. The molecule has 20 heavy (non-hydrogen) atoms. The van der Waals surface area contributed by atoms with Crippen LogP contribution < -0.4 is 19.7 Å². The number of hydrogen-bond donors (Lipinski definition) is 1. The SMILES string of the molecule is CNC(=O)c1cc(OC)cc(OC)c1N1CCOCC1. The Hall–Kier alpha value is -1.95. The maximum Gasteiger partial charge on any atom is 0.253 e. The minimum atomic E-state index is -0.163. The molecule has 0 saturated carbocycles. The lowest BCUT2D eigenvalue weighted by Gasteiger charge is -2.31. The van der Waals surface area contributed by atoms with E-state index in [2.05, 4.69) is 10.2 Å².